The van der Waals surface area contributed by atoms with E-state index in [0.29, 0.717) is 28.0 Å². The molecule has 0 aliphatic heterocycles. The SMILES string of the molecule is COc1cccc(NC(=O)NCCSCc2ccc(Cl)c(Cl)c2)c1. The summed E-state index contributed by atoms with van der Waals surface area (Å²) in [5.41, 5.74) is 1.80. The Hall–Kier alpha value is -1.56. The summed E-state index contributed by atoms with van der Waals surface area (Å²) >= 11 is 13.6. The van der Waals surface area contributed by atoms with Crippen molar-refractivity contribution in [3.05, 3.63) is 58.1 Å². The van der Waals surface area contributed by atoms with E-state index in [1.807, 2.05) is 24.3 Å². The predicted octanol–water partition coefficient (Wildman–Crippen LogP) is 5.06. The second kappa shape index (κ2) is 9.67. The molecule has 0 fully saturated rings. The summed E-state index contributed by atoms with van der Waals surface area (Å²) in [6.07, 6.45) is 0. The molecule has 0 aliphatic rings. The van der Waals surface area contributed by atoms with Gasteiger partial charge in [0.2, 0.25) is 0 Å². The summed E-state index contributed by atoms with van der Waals surface area (Å²) in [7, 11) is 1.59. The van der Waals surface area contributed by atoms with Crippen LogP contribution in [0.4, 0.5) is 10.5 Å². The highest BCUT2D eigenvalue weighted by molar-refractivity contribution is 7.98. The molecule has 24 heavy (non-hydrogen) atoms. The van der Waals surface area contributed by atoms with E-state index in [1.54, 1.807) is 37.1 Å². The van der Waals surface area contributed by atoms with Gasteiger partial charge in [0.15, 0.2) is 0 Å². The Morgan fingerprint density at radius 3 is 2.75 bits per heavy atom. The Morgan fingerprint density at radius 2 is 2.00 bits per heavy atom. The number of nitrogens with one attached hydrogen (secondary N) is 2. The van der Waals surface area contributed by atoms with Crippen LogP contribution in [0.15, 0.2) is 42.5 Å². The third kappa shape index (κ3) is 6.15. The predicted molar refractivity (Wildman–Crippen MR) is 103 cm³/mol. The Bertz CT molecular complexity index is 698. The van der Waals surface area contributed by atoms with Gasteiger partial charge >= 0.3 is 6.03 Å². The van der Waals surface area contributed by atoms with Crippen LogP contribution in [0.2, 0.25) is 10.0 Å². The van der Waals surface area contributed by atoms with Gasteiger partial charge in [-0.25, -0.2) is 4.79 Å². The van der Waals surface area contributed by atoms with Gasteiger partial charge in [-0.15, -0.1) is 0 Å². The molecule has 4 nitrogen and oxygen atoms in total. The fourth-order valence-electron chi connectivity index (χ4n) is 1.93. The summed E-state index contributed by atoms with van der Waals surface area (Å²) in [5.74, 6) is 2.31. The number of thioether (sulfide) groups is 1. The van der Waals surface area contributed by atoms with E-state index in [9.17, 15) is 4.79 Å². The first-order valence-corrected chi connectivity index (χ1v) is 9.20. The lowest BCUT2D eigenvalue weighted by molar-refractivity contribution is 0.252. The second-order valence-corrected chi connectivity index (χ2v) is 6.83. The Labute approximate surface area is 155 Å². The summed E-state index contributed by atoms with van der Waals surface area (Å²) in [5, 5.41) is 6.70. The van der Waals surface area contributed by atoms with Gasteiger partial charge in [-0.05, 0) is 29.8 Å². The molecule has 0 saturated carbocycles. The second-order valence-electron chi connectivity index (χ2n) is 4.91. The zero-order valence-electron chi connectivity index (χ0n) is 13.1. The quantitative estimate of drug-likeness (QED) is 0.656. The van der Waals surface area contributed by atoms with Gasteiger partial charge in [0, 0.05) is 29.8 Å². The number of carbonyl (C=O) groups is 1. The molecule has 0 spiro atoms. The highest BCUT2D eigenvalue weighted by Crippen LogP contribution is 2.24. The van der Waals surface area contributed by atoms with Gasteiger partial charge in [0.05, 0.1) is 17.2 Å². The van der Waals surface area contributed by atoms with Gasteiger partial charge < -0.3 is 15.4 Å². The van der Waals surface area contributed by atoms with Crippen molar-refractivity contribution < 1.29 is 9.53 Å². The standard InChI is InChI=1S/C17H18Cl2N2O2S/c1-23-14-4-2-3-13(10-14)21-17(22)20-7-8-24-11-12-5-6-15(18)16(19)9-12/h2-6,9-10H,7-8,11H2,1H3,(H2,20,21,22). The Balaban J connectivity index is 1.66. The number of methoxy groups -OCH3 is 1. The van der Waals surface area contributed by atoms with Gasteiger partial charge in [0.1, 0.15) is 5.75 Å². The number of hydrogen-bond donors (Lipinski definition) is 2. The summed E-state index contributed by atoms with van der Waals surface area (Å²) in [4.78, 5) is 11.8. The van der Waals surface area contributed by atoms with E-state index in [1.165, 1.54) is 0 Å². The van der Waals surface area contributed by atoms with Crippen LogP contribution in [0, 0.1) is 0 Å². The Morgan fingerprint density at radius 1 is 1.17 bits per heavy atom. The molecule has 7 heteroatoms. The highest BCUT2D eigenvalue weighted by atomic mass is 35.5. The van der Waals surface area contributed by atoms with Crippen LogP contribution in [0.3, 0.4) is 0 Å². The van der Waals surface area contributed by atoms with Crippen molar-refractivity contribution in [1.29, 1.82) is 0 Å². The molecule has 2 N–H and O–H groups in total. The normalized spacial score (nSPS) is 10.3. The summed E-state index contributed by atoms with van der Waals surface area (Å²) in [6.45, 7) is 0.571. The smallest absolute Gasteiger partial charge is 0.319 e. The molecule has 128 valence electrons. The minimum Gasteiger partial charge on any atom is -0.497 e. The molecule has 0 heterocycles. The van der Waals surface area contributed by atoms with Gasteiger partial charge in [-0.3, -0.25) is 0 Å². The zero-order valence-corrected chi connectivity index (χ0v) is 15.5. The van der Waals surface area contributed by atoms with Crippen LogP contribution in [-0.2, 0) is 5.75 Å². The van der Waals surface area contributed by atoms with Gasteiger partial charge in [-0.1, -0.05) is 35.3 Å². The average molecular weight is 385 g/mol. The molecule has 0 unspecified atom stereocenters. The Kier molecular flexibility index (Phi) is 7.56. The number of halogens is 2. The molecule has 0 atom stereocenters. The van der Waals surface area contributed by atoms with Crippen molar-refractivity contribution in [3.8, 4) is 5.75 Å². The molecule has 0 bridgehead atoms. The minimum absolute atomic E-state index is 0.238. The van der Waals surface area contributed by atoms with Crippen molar-refractivity contribution >= 4 is 46.7 Å². The van der Waals surface area contributed by atoms with E-state index >= 15 is 0 Å². The van der Waals surface area contributed by atoms with E-state index in [0.717, 1.165) is 17.1 Å². The fraction of sp³-hybridized carbons (Fsp3) is 0.235. The van der Waals surface area contributed by atoms with Crippen LogP contribution < -0.4 is 15.4 Å². The van der Waals surface area contributed by atoms with Crippen molar-refractivity contribution in [2.45, 2.75) is 5.75 Å². The highest BCUT2D eigenvalue weighted by Gasteiger charge is 2.03. The average Bonchev–Trinajstić information content (AvgIpc) is 2.58. The van der Waals surface area contributed by atoms with Gasteiger partial charge in [-0.2, -0.15) is 11.8 Å². The maximum Gasteiger partial charge on any atom is 0.319 e. The van der Waals surface area contributed by atoms with E-state index < -0.39 is 0 Å². The number of urea groups is 1. The first-order valence-electron chi connectivity index (χ1n) is 7.29. The van der Waals surface area contributed by atoms with Crippen LogP contribution in [-0.4, -0.2) is 25.4 Å². The van der Waals surface area contributed by atoms with Crippen molar-refractivity contribution in [2.75, 3.05) is 24.7 Å². The molecule has 0 aromatic heterocycles. The minimum atomic E-state index is -0.238. The summed E-state index contributed by atoms with van der Waals surface area (Å²) in [6, 6.07) is 12.6. The molecule has 0 saturated heterocycles. The number of benzene rings is 2. The number of amides is 2. The molecule has 0 radical (unpaired) electrons. The number of hydrogen-bond acceptors (Lipinski definition) is 3. The number of rotatable bonds is 7. The number of anilines is 1. The van der Waals surface area contributed by atoms with E-state index in [2.05, 4.69) is 10.6 Å². The van der Waals surface area contributed by atoms with E-state index in [4.69, 9.17) is 27.9 Å². The maximum absolute atomic E-state index is 11.8. The van der Waals surface area contributed by atoms with Gasteiger partial charge in [0.25, 0.3) is 0 Å². The third-order valence-electron chi connectivity index (χ3n) is 3.11. The van der Waals surface area contributed by atoms with Crippen LogP contribution in [0.5, 0.6) is 5.75 Å². The zero-order chi connectivity index (χ0) is 17.4. The maximum atomic E-state index is 11.8. The summed E-state index contributed by atoms with van der Waals surface area (Å²) < 4.78 is 5.11. The number of ether oxygens (including phenoxy) is 1. The number of carbonyl (C=O) groups excluding carboxylic acids is 1. The van der Waals surface area contributed by atoms with Crippen molar-refractivity contribution in [2.24, 2.45) is 0 Å². The largest absolute Gasteiger partial charge is 0.497 e. The molecule has 2 aromatic carbocycles. The molecule has 0 aliphatic carbocycles. The molecular weight excluding hydrogens is 367 g/mol. The molecular formula is C17H18Cl2N2O2S. The fourth-order valence-corrected chi connectivity index (χ4v) is 3.06. The lowest BCUT2D eigenvalue weighted by Gasteiger charge is -2.09. The lowest BCUT2D eigenvalue weighted by atomic mass is 10.2. The molecule has 2 aromatic rings. The first kappa shape index (κ1) is 18.8. The first-order chi connectivity index (χ1) is 11.6. The lowest BCUT2D eigenvalue weighted by Crippen LogP contribution is -2.30. The van der Waals surface area contributed by atoms with Crippen LogP contribution in [0.1, 0.15) is 5.56 Å². The topological polar surface area (TPSA) is 50.4 Å². The third-order valence-corrected chi connectivity index (χ3v) is 4.88. The van der Waals surface area contributed by atoms with Crippen molar-refractivity contribution in [1.82, 2.24) is 5.32 Å². The monoisotopic (exact) mass is 384 g/mol. The molecule has 2 amide bonds. The van der Waals surface area contributed by atoms with Crippen LogP contribution in [0.25, 0.3) is 0 Å². The van der Waals surface area contributed by atoms with Crippen LogP contribution >= 0.6 is 35.0 Å². The van der Waals surface area contributed by atoms with Crippen molar-refractivity contribution in [3.63, 3.8) is 0 Å². The van der Waals surface area contributed by atoms with E-state index in [-0.39, 0.29) is 6.03 Å². The molecule has 2 rings (SSSR count).